The van der Waals surface area contributed by atoms with Crippen LogP contribution in [0.3, 0.4) is 0 Å². The predicted molar refractivity (Wildman–Crippen MR) is 57.8 cm³/mol. The summed E-state index contributed by atoms with van der Waals surface area (Å²) in [6.45, 7) is 1.38. The van der Waals surface area contributed by atoms with E-state index in [0.717, 1.165) is 24.2 Å². The van der Waals surface area contributed by atoms with Crippen LogP contribution in [0.15, 0.2) is 12.4 Å². The molecule has 0 saturated heterocycles. The van der Waals surface area contributed by atoms with Gasteiger partial charge in [0.25, 0.3) is 0 Å². The molecule has 1 aromatic heterocycles. The molecule has 0 aliphatic carbocycles. The zero-order valence-corrected chi connectivity index (χ0v) is 9.39. The minimum absolute atomic E-state index is 0.00875. The summed E-state index contributed by atoms with van der Waals surface area (Å²) in [5.74, 6) is -0.0428. The molecule has 88 valence electrons. The number of thioether (sulfide) groups is 1. The van der Waals surface area contributed by atoms with Crippen LogP contribution in [0.1, 0.15) is 18.9 Å². The SMILES string of the molecule is CC(=O)SCC(O)C(O)c1ncc(O)cn1. The van der Waals surface area contributed by atoms with E-state index in [9.17, 15) is 15.0 Å². The summed E-state index contributed by atoms with van der Waals surface area (Å²) < 4.78 is 0. The number of aromatic hydroxyl groups is 1. The van der Waals surface area contributed by atoms with Crippen LogP contribution in [-0.4, -0.2) is 42.3 Å². The highest BCUT2D eigenvalue weighted by atomic mass is 32.2. The first-order valence-electron chi connectivity index (χ1n) is 4.51. The lowest BCUT2D eigenvalue weighted by Gasteiger charge is -2.15. The number of hydrogen-bond acceptors (Lipinski definition) is 7. The van der Waals surface area contributed by atoms with Gasteiger partial charge in [-0.05, 0) is 0 Å². The summed E-state index contributed by atoms with van der Waals surface area (Å²) in [7, 11) is 0. The van der Waals surface area contributed by atoms with Gasteiger partial charge in [-0.2, -0.15) is 0 Å². The molecule has 0 fully saturated rings. The van der Waals surface area contributed by atoms with Crippen LogP contribution in [0.4, 0.5) is 0 Å². The smallest absolute Gasteiger partial charge is 0.185 e. The lowest BCUT2D eigenvalue weighted by Crippen LogP contribution is -2.23. The van der Waals surface area contributed by atoms with Crippen molar-refractivity contribution in [3.63, 3.8) is 0 Å². The average molecular weight is 244 g/mol. The lowest BCUT2D eigenvalue weighted by molar-refractivity contribution is -0.109. The third kappa shape index (κ3) is 3.76. The van der Waals surface area contributed by atoms with Gasteiger partial charge in [-0.25, -0.2) is 9.97 Å². The standard InChI is InChI=1S/C9H12N2O4S/c1-5(12)16-4-7(14)8(15)9-10-2-6(13)3-11-9/h2-3,7-8,13-15H,4H2,1H3. The first kappa shape index (κ1) is 12.9. The van der Waals surface area contributed by atoms with E-state index in [-0.39, 0.29) is 22.4 Å². The van der Waals surface area contributed by atoms with Crippen molar-refractivity contribution in [2.45, 2.75) is 19.1 Å². The van der Waals surface area contributed by atoms with E-state index in [0.29, 0.717) is 0 Å². The van der Waals surface area contributed by atoms with Crippen LogP contribution in [0.5, 0.6) is 5.75 Å². The van der Waals surface area contributed by atoms with E-state index in [1.165, 1.54) is 6.92 Å². The Hall–Kier alpha value is -1.18. The Balaban J connectivity index is 2.59. The molecule has 0 aliphatic rings. The molecule has 0 saturated carbocycles. The van der Waals surface area contributed by atoms with E-state index in [1.54, 1.807) is 0 Å². The molecule has 1 heterocycles. The van der Waals surface area contributed by atoms with Crippen molar-refractivity contribution >= 4 is 16.9 Å². The van der Waals surface area contributed by atoms with Crippen molar-refractivity contribution in [2.24, 2.45) is 0 Å². The number of carbonyl (C=O) groups excluding carboxylic acids is 1. The molecule has 7 heteroatoms. The van der Waals surface area contributed by atoms with E-state index >= 15 is 0 Å². The van der Waals surface area contributed by atoms with Gasteiger partial charge >= 0.3 is 0 Å². The molecule has 6 nitrogen and oxygen atoms in total. The van der Waals surface area contributed by atoms with Gasteiger partial charge in [-0.1, -0.05) is 11.8 Å². The number of rotatable bonds is 4. The number of aliphatic hydroxyl groups is 2. The van der Waals surface area contributed by atoms with Gasteiger partial charge in [-0.3, -0.25) is 4.79 Å². The van der Waals surface area contributed by atoms with Gasteiger partial charge in [0, 0.05) is 12.7 Å². The first-order valence-corrected chi connectivity index (χ1v) is 5.49. The van der Waals surface area contributed by atoms with Gasteiger partial charge < -0.3 is 15.3 Å². The van der Waals surface area contributed by atoms with E-state index < -0.39 is 12.2 Å². The summed E-state index contributed by atoms with van der Waals surface area (Å²) in [4.78, 5) is 18.0. The molecule has 1 aromatic rings. The van der Waals surface area contributed by atoms with Gasteiger partial charge in [0.15, 0.2) is 16.7 Å². The summed E-state index contributed by atoms with van der Waals surface area (Å²) in [5, 5.41) is 27.9. The Morgan fingerprint density at radius 2 is 2.00 bits per heavy atom. The highest BCUT2D eigenvalue weighted by Gasteiger charge is 2.21. The molecule has 16 heavy (non-hydrogen) atoms. The quantitative estimate of drug-likeness (QED) is 0.677. The number of carbonyl (C=O) groups is 1. The van der Waals surface area contributed by atoms with Crippen LogP contribution in [0, 0.1) is 0 Å². The fourth-order valence-electron chi connectivity index (χ4n) is 0.950. The Bertz CT molecular complexity index is 357. The highest BCUT2D eigenvalue weighted by molar-refractivity contribution is 8.13. The zero-order valence-electron chi connectivity index (χ0n) is 8.57. The monoisotopic (exact) mass is 244 g/mol. The van der Waals surface area contributed by atoms with Crippen LogP contribution in [0.25, 0.3) is 0 Å². The predicted octanol–water partition coefficient (Wildman–Crippen LogP) is -0.144. The maximum absolute atomic E-state index is 10.7. The highest BCUT2D eigenvalue weighted by Crippen LogP contribution is 2.17. The fourth-order valence-corrected chi connectivity index (χ4v) is 1.54. The summed E-state index contributed by atoms with van der Waals surface area (Å²) in [6.07, 6.45) is -0.154. The molecule has 1 rings (SSSR count). The second-order valence-electron chi connectivity index (χ2n) is 3.11. The van der Waals surface area contributed by atoms with Crippen molar-refractivity contribution in [2.75, 3.05) is 5.75 Å². The number of hydrogen-bond donors (Lipinski definition) is 3. The van der Waals surface area contributed by atoms with Crippen molar-refractivity contribution < 1.29 is 20.1 Å². The molecule has 0 spiro atoms. The fraction of sp³-hybridized carbons (Fsp3) is 0.444. The van der Waals surface area contributed by atoms with Gasteiger partial charge in [0.1, 0.15) is 6.10 Å². The maximum atomic E-state index is 10.7. The van der Waals surface area contributed by atoms with Crippen molar-refractivity contribution in [1.82, 2.24) is 9.97 Å². The Labute approximate surface area is 96.4 Å². The number of aliphatic hydroxyl groups excluding tert-OH is 2. The summed E-state index contributed by atoms with van der Waals surface area (Å²) >= 11 is 0.912. The van der Waals surface area contributed by atoms with Crippen molar-refractivity contribution in [3.05, 3.63) is 18.2 Å². The largest absolute Gasteiger partial charge is 0.505 e. The molecule has 0 bridgehead atoms. The molecule has 0 amide bonds. The van der Waals surface area contributed by atoms with Crippen LogP contribution in [-0.2, 0) is 4.79 Å². The van der Waals surface area contributed by atoms with Gasteiger partial charge in [0.05, 0.1) is 18.5 Å². The topological polar surface area (TPSA) is 104 Å². The van der Waals surface area contributed by atoms with Crippen LogP contribution in [0.2, 0.25) is 0 Å². The summed E-state index contributed by atoms with van der Waals surface area (Å²) in [6, 6.07) is 0. The summed E-state index contributed by atoms with van der Waals surface area (Å²) in [5.41, 5.74) is 0. The second kappa shape index (κ2) is 5.78. The van der Waals surface area contributed by atoms with E-state index in [4.69, 9.17) is 5.11 Å². The molecule has 3 N–H and O–H groups in total. The molecule has 0 aromatic carbocycles. The Morgan fingerprint density at radius 1 is 1.44 bits per heavy atom. The third-order valence-electron chi connectivity index (χ3n) is 1.74. The number of aromatic nitrogens is 2. The van der Waals surface area contributed by atoms with Crippen LogP contribution >= 0.6 is 11.8 Å². The Morgan fingerprint density at radius 3 is 2.50 bits per heavy atom. The molecular formula is C9H12N2O4S. The van der Waals surface area contributed by atoms with Crippen molar-refractivity contribution in [3.8, 4) is 5.75 Å². The third-order valence-corrected chi connectivity index (χ3v) is 2.66. The Kier molecular flexibility index (Phi) is 4.66. The number of nitrogens with zero attached hydrogens (tertiary/aromatic N) is 2. The molecular weight excluding hydrogens is 232 g/mol. The van der Waals surface area contributed by atoms with Gasteiger partial charge in [0.2, 0.25) is 0 Å². The molecule has 2 atom stereocenters. The molecule has 0 aliphatic heterocycles. The molecule has 0 radical (unpaired) electrons. The second-order valence-corrected chi connectivity index (χ2v) is 4.31. The van der Waals surface area contributed by atoms with E-state index in [2.05, 4.69) is 9.97 Å². The lowest BCUT2D eigenvalue weighted by atomic mass is 10.2. The first-order chi connectivity index (χ1) is 7.50. The van der Waals surface area contributed by atoms with Gasteiger partial charge in [-0.15, -0.1) is 0 Å². The average Bonchev–Trinajstić information content (AvgIpc) is 2.26. The van der Waals surface area contributed by atoms with Crippen LogP contribution < -0.4 is 0 Å². The zero-order chi connectivity index (χ0) is 12.1. The molecule has 2 unspecified atom stereocenters. The van der Waals surface area contributed by atoms with Crippen molar-refractivity contribution in [1.29, 1.82) is 0 Å². The van der Waals surface area contributed by atoms with E-state index in [1.807, 2.05) is 0 Å². The normalized spacial score (nSPS) is 14.4. The minimum atomic E-state index is -1.27. The minimum Gasteiger partial charge on any atom is -0.505 e. The maximum Gasteiger partial charge on any atom is 0.185 e.